The molecule has 0 N–H and O–H groups in total. The maximum absolute atomic E-state index is 13.6. The van der Waals surface area contributed by atoms with Crippen LogP contribution in [0, 0.1) is 6.92 Å². The lowest BCUT2D eigenvalue weighted by Crippen LogP contribution is -2.39. The van der Waals surface area contributed by atoms with Crippen LogP contribution in [-0.2, 0) is 17.3 Å². The minimum absolute atomic E-state index is 0.0284. The SMILES string of the molecule is COCC(C)(C)n1c(C2CC(F)(F)C2)nc2ccc(-c3cc(C)c(=O)n(C)c3)cc21. The van der Waals surface area contributed by atoms with Gasteiger partial charge in [-0.3, -0.25) is 4.79 Å². The van der Waals surface area contributed by atoms with Crippen molar-refractivity contribution in [3.63, 3.8) is 0 Å². The van der Waals surface area contributed by atoms with Crippen molar-refractivity contribution in [1.82, 2.24) is 14.1 Å². The van der Waals surface area contributed by atoms with Gasteiger partial charge in [-0.15, -0.1) is 0 Å². The second kappa shape index (κ2) is 7.01. The van der Waals surface area contributed by atoms with E-state index in [2.05, 4.69) is 4.57 Å². The number of hydrogen-bond donors (Lipinski definition) is 0. The summed E-state index contributed by atoms with van der Waals surface area (Å²) in [4.78, 5) is 16.8. The molecule has 0 spiro atoms. The number of aromatic nitrogens is 3. The molecule has 1 aliphatic carbocycles. The van der Waals surface area contributed by atoms with Gasteiger partial charge in [-0.05, 0) is 50.1 Å². The van der Waals surface area contributed by atoms with Gasteiger partial charge in [-0.2, -0.15) is 0 Å². The van der Waals surface area contributed by atoms with Crippen molar-refractivity contribution in [2.75, 3.05) is 13.7 Å². The van der Waals surface area contributed by atoms with Crippen LogP contribution in [-0.4, -0.2) is 33.8 Å². The summed E-state index contributed by atoms with van der Waals surface area (Å²) in [5.74, 6) is -2.20. The van der Waals surface area contributed by atoms with Crippen molar-refractivity contribution < 1.29 is 13.5 Å². The lowest BCUT2D eigenvalue weighted by molar-refractivity contribution is -0.0898. The van der Waals surface area contributed by atoms with Crippen LogP contribution in [0.1, 0.15) is 44.0 Å². The highest BCUT2D eigenvalue weighted by molar-refractivity contribution is 5.83. The minimum atomic E-state index is -2.61. The third kappa shape index (κ3) is 3.45. The molecule has 3 aromatic rings. The molecule has 0 radical (unpaired) electrons. The first-order valence-electron chi connectivity index (χ1n) is 10.1. The number of halogens is 2. The summed E-state index contributed by atoms with van der Waals surface area (Å²) >= 11 is 0. The molecule has 0 amide bonds. The van der Waals surface area contributed by atoms with Gasteiger partial charge in [0.15, 0.2) is 0 Å². The first kappa shape index (κ1) is 20.7. The first-order valence-corrected chi connectivity index (χ1v) is 10.1. The third-order valence-electron chi connectivity index (χ3n) is 5.93. The largest absolute Gasteiger partial charge is 0.382 e. The molecule has 0 atom stereocenters. The maximum atomic E-state index is 13.6. The van der Waals surface area contributed by atoms with Gasteiger partial charge < -0.3 is 13.9 Å². The average Bonchev–Trinajstić information content (AvgIpc) is 3.02. The van der Waals surface area contributed by atoms with E-state index in [-0.39, 0.29) is 24.3 Å². The molecule has 5 nitrogen and oxygen atoms in total. The van der Waals surface area contributed by atoms with E-state index in [0.717, 1.165) is 22.2 Å². The summed E-state index contributed by atoms with van der Waals surface area (Å²) in [5, 5.41) is 0. The zero-order valence-corrected chi connectivity index (χ0v) is 18.0. The fourth-order valence-corrected chi connectivity index (χ4v) is 4.48. The van der Waals surface area contributed by atoms with E-state index < -0.39 is 11.5 Å². The second-order valence-corrected chi connectivity index (χ2v) is 9.04. The standard InChI is InChI=1S/C23H27F2N3O2/c1-14-8-16(12-27(4)21(14)29)15-6-7-18-19(9-15)28(22(2,3)13-30-5)20(26-18)17-10-23(24,25)11-17/h6-9,12,17H,10-11,13H2,1-5H3. The molecule has 7 heteroatoms. The quantitative estimate of drug-likeness (QED) is 0.612. The second-order valence-electron chi connectivity index (χ2n) is 9.04. The number of pyridine rings is 1. The molecule has 0 unspecified atom stereocenters. The lowest BCUT2D eigenvalue weighted by Gasteiger charge is -2.37. The van der Waals surface area contributed by atoms with E-state index in [1.807, 2.05) is 44.3 Å². The van der Waals surface area contributed by atoms with Gasteiger partial charge in [0.2, 0.25) is 5.92 Å². The predicted octanol–water partition coefficient (Wildman–Crippen LogP) is 4.60. The Labute approximate surface area is 174 Å². The number of ether oxygens (including phenoxy) is 1. The van der Waals surface area contributed by atoms with Crippen LogP contribution in [0.15, 0.2) is 35.3 Å². The molecule has 0 saturated heterocycles. The molecule has 1 fully saturated rings. The van der Waals surface area contributed by atoms with Gasteiger partial charge in [0.05, 0.1) is 23.2 Å². The Hall–Kier alpha value is -2.54. The molecule has 160 valence electrons. The Morgan fingerprint density at radius 1 is 1.23 bits per heavy atom. The fraction of sp³-hybridized carbons (Fsp3) is 0.478. The van der Waals surface area contributed by atoms with Crippen molar-refractivity contribution in [1.29, 1.82) is 0 Å². The molecule has 2 aromatic heterocycles. The highest BCUT2D eigenvalue weighted by Crippen LogP contribution is 2.49. The molecule has 1 saturated carbocycles. The average molecular weight is 415 g/mol. The summed E-state index contributed by atoms with van der Waals surface area (Å²) in [7, 11) is 3.37. The third-order valence-corrected chi connectivity index (χ3v) is 5.93. The number of aryl methyl sites for hydroxylation is 2. The number of alkyl halides is 2. The van der Waals surface area contributed by atoms with Gasteiger partial charge in [-0.1, -0.05) is 6.07 Å². The van der Waals surface area contributed by atoms with Crippen LogP contribution in [0.3, 0.4) is 0 Å². The Morgan fingerprint density at radius 3 is 2.53 bits per heavy atom. The molecule has 0 bridgehead atoms. The summed E-state index contributed by atoms with van der Waals surface area (Å²) in [6.45, 7) is 6.28. The zero-order chi connectivity index (χ0) is 21.8. The monoisotopic (exact) mass is 415 g/mol. The van der Waals surface area contributed by atoms with Crippen LogP contribution < -0.4 is 5.56 Å². The van der Waals surface area contributed by atoms with Crippen molar-refractivity contribution >= 4 is 11.0 Å². The van der Waals surface area contributed by atoms with E-state index in [0.29, 0.717) is 18.0 Å². The zero-order valence-electron chi connectivity index (χ0n) is 18.0. The van der Waals surface area contributed by atoms with Crippen molar-refractivity contribution in [2.45, 2.75) is 51.0 Å². The number of methoxy groups -OCH3 is 1. The fourth-order valence-electron chi connectivity index (χ4n) is 4.48. The summed E-state index contributed by atoms with van der Waals surface area (Å²) in [5.41, 5.74) is 3.70. The first-order chi connectivity index (χ1) is 14.0. The smallest absolute Gasteiger partial charge is 0.253 e. The number of rotatable bonds is 5. The number of imidazole rings is 1. The number of benzene rings is 1. The van der Waals surface area contributed by atoms with E-state index in [4.69, 9.17) is 9.72 Å². The van der Waals surface area contributed by atoms with E-state index in [1.165, 1.54) is 0 Å². The van der Waals surface area contributed by atoms with Crippen LogP contribution in [0.5, 0.6) is 0 Å². The van der Waals surface area contributed by atoms with Gasteiger partial charge in [0, 0.05) is 44.7 Å². The highest BCUT2D eigenvalue weighted by Gasteiger charge is 2.48. The van der Waals surface area contributed by atoms with Crippen molar-refractivity contribution in [2.24, 2.45) is 7.05 Å². The molecule has 1 aromatic carbocycles. The number of nitrogens with zero attached hydrogens (tertiary/aromatic N) is 3. The van der Waals surface area contributed by atoms with Crippen LogP contribution in [0.25, 0.3) is 22.2 Å². The van der Waals surface area contributed by atoms with Crippen molar-refractivity contribution in [3.05, 3.63) is 52.2 Å². The van der Waals surface area contributed by atoms with Crippen LogP contribution in [0.2, 0.25) is 0 Å². The molecule has 0 aliphatic heterocycles. The van der Waals surface area contributed by atoms with Gasteiger partial charge >= 0.3 is 0 Å². The van der Waals surface area contributed by atoms with Gasteiger partial charge in [0.25, 0.3) is 5.56 Å². The Kier molecular flexibility index (Phi) is 4.84. The Morgan fingerprint density at radius 2 is 1.93 bits per heavy atom. The number of fused-ring (bicyclic) bond motifs is 1. The molecule has 2 heterocycles. The van der Waals surface area contributed by atoms with E-state index in [1.54, 1.807) is 25.6 Å². The van der Waals surface area contributed by atoms with E-state index >= 15 is 0 Å². The molecule has 4 rings (SSSR count). The lowest BCUT2D eigenvalue weighted by atomic mass is 9.80. The highest BCUT2D eigenvalue weighted by atomic mass is 19.3. The number of hydrogen-bond acceptors (Lipinski definition) is 3. The maximum Gasteiger partial charge on any atom is 0.253 e. The van der Waals surface area contributed by atoms with Crippen molar-refractivity contribution in [3.8, 4) is 11.1 Å². The summed E-state index contributed by atoms with van der Waals surface area (Å²) < 4.78 is 36.3. The molecular formula is C23H27F2N3O2. The molecular weight excluding hydrogens is 388 g/mol. The topological polar surface area (TPSA) is 49.1 Å². The summed E-state index contributed by atoms with van der Waals surface area (Å²) in [6.07, 6.45) is 1.46. The van der Waals surface area contributed by atoms with E-state index in [9.17, 15) is 13.6 Å². The Bertz CT molecular complexity index is 1140. The predicted molar refractivity (Wildman–Crippen MR) is 113 cm³/mol. The Balaban J connectivity index is 1.90. The summed E-state index contributed by atoms with van der Waals surface area (Å²) in [6, 6.07) is 7.78. The minimum Gasteiger partial charge on any atom is -0.382 e. The van der Waals surface area contributed by atoms with Crippen LogP contribution >= 0.6 is 0 Å². The van der Waals surface area contributed by atoms with Gasteiger partial charge in [0.1, 0.15) is 5.82 Å². The van der Waals surface area contributed by atoms with Crippen LogP contribution in [0.4, 0.5) is 8.78 Å². The van der Waals surface area contributed by atoms with Gasteiger partial charge in [-0.25, -0.2) is 13.8 Å². The normalized spacial score (nSPS) is 16.8. The molecule has 1 aliphatic rings. The molecule has 30 heavy (non-hydrogen) atoms.